The highest BCUT2D eigenvalue weighted by Gasteiger charge is 2.30. The number of halogens is 3. The molecule has 0 unspecified atom stereocenters. The standard InChI is InChI=1S/C15H13F3N2O3/c1-19-13(21)8-20-14(22)12-6-5-11(23-12)9-3-2-4-10(7-9)15(16,17)18/h2-7H,8H2,1H3,(H,19,21)(H,20,22). The number of hydrogen-bond donors (Lipinski definition) is 2. The minimum atomic E-state index is -4.46. The highest BCUT2D eigenvalue weighted by Crippen LogP contribution is 2.32. The van der Waals surface area contributed by atoms with E-state index >= 15 is 0 Å². The van der Waals surface area contributed by atoms with Crippen molar-refractivity contribution in [3.05, 3.63) is 47.7 Å². The van der Waals surface area contributed by atoms with Gasteiger partial charge in [0.05, 0.1) is 12.1 Å². The fourth-order valence-electron chi connectivity index (χ4n) is 1.80. The Morgan fingerprint density at radius 2 is 1.91 bits per heavy atom. The van der Waals surface area contributed by atoms with Crippen LogP contribution in [0.25, 0.3) is 11.3 Å². The number of nitrogens with one attached hydrogen (secondary N) is 2. The fourth-order valence-corrected chi connectivity index (χ4v) is 1.80. The van der Waals surface area contributed by atoms with Crippen LogP contribution < -0.4 is 10.6 Å². The maximum Gasteiger partial charge on any atom is 0.416 e. The van der Waals surface area contributed by atoms with Gasteiger partial charge in [0, 0.05) is 12.6 Å². The van der Waals surface area contributed by atoms with Crippen molar-refractivity contribution in [2.75, 3.05) is 13.6 Å². The van der Waals surface area contributed by atoms with E-state index in [1.807, 2.05) is 0 Å². The number of furan rings is 1. The average Bonchev–Trinajstić information content (AvgIpc) is 3.01. The molecule has 0 saturated carbocycles. The van der Waals surface area contributed by atoms with Crippen molar-refractivity contribution in [2.45, 2.75) is 6.18 Å². The molecule has 1 aromatic heterocycles. The number of likely N-dealkylation sites (N-methyl/N-ethyl adjacent to an activating group) is 1. The lowest BCUT2D eigenvalue weighted by Gasteiger charge is -2.07. The number of amides is 2. The fraction of sp³-hybridized carbons (Fsp3) is 0.200. The lowest BCUT2D eigenvalue weighted by molar-refractivity contribution is -0.137. The van der Waals surface area contributed by atoms with Crippen LogP contribution in [0.15, 0.2) is 40.8 Å². The summed E-state index contributed by atoms with van der Waals surface area (Å²) in [5.74, 6) is -0.989. The van der Waals surface area contributed by atoms with E-state index in [0.29, 0.717) is 0 Å². The van der Waals surface area contributed by atoms with Gasteiger partial charge in [0.1, 0.15) is 5.76 Å². The first kappa shape index (κ1) is 16.6. The van der Waals surface area contributed by atoms with Gasteiger partial charge in [-0.1, -0.05) is 12.1 Å². The van der Waals surface area contributed by atoms with Gasteiger partial charge in [-0.25, -0.2) is 0 Å². The van der Waals surface area contributed by atoms with Crippen molar-refractivity contribution < 1.29 is 27.2 Å². The van der Waals surface area contributed by atoms with Gasteiger partial charge in [-0.2, -0.15) is 13.2 Å². The molecule has 23 heavy (non-hydrogen) atoms. The van der Waals surface area contributed by atoms with Crippen LogP contribution in [-0.4, -0.2) is 25.4 Å². The van der Waals surface area contributed by atoms with Crippen LogP contribution in [0.1, 0.15) is 16.1 Å². The minimum Gasteiger partial charge on any atom is -0.451 e. The number of alkyl halides is 3. The maximum atomic E-state index is 12.7. The lowest BCUT2D eigenvalue weighted by Crippen LogP contribution is -2.34. The average molecular weight is 326 g/mol. The van der Waals surface area contributed by atoms with Gasteiger partial charge in [-0.3, -0.25) is 9.59 Å². The zero-order chi connectivity index (χ0) is 17.0. The van der Waals surface area contributed by atoms with Crippen molar-refractivity contribution in [1.29, 1.82) is 0 Å². The monoisotopic (exact) mass is 326 g/mol. The van der Waals surface area contributed by atoms with Crippen LogP contribution in [0.3, 0.4) is 0 Å². The molecule has 2 rings (SSSR count). The van der Waals surface area contributed by atoms with E-state index < -0.39 is 17.6 Å². The summed E-state index contributed by atoms with van der Waals surface area (Å²) < 4.78 is 43.3. The second-order valence-corrected chi connectivity index (χ2v) is 4.60. The molecule has 0 aliphatic carbocycles. The number of carbonyl (C=O) groups is 2. The summed E-state index contributed by atoms with van der Waals surface area (Å²) in [4.78, 5) is 22.8. The molecule has 0 radical (unpaired) electrons. The van der Waals surface area contributed by atoms with E-state index in [4.69, 9.17) is 4.42 Å². The summed E-state index contributed by atoms with van der Waals surface area (Å²) in [5.41, 5.74) is -0.609. The molecule has 8 heteroatoms. The third-order valence-electron chi connectivity index (χ3n) is 2.99. The molecule has 2 aromatic rings. The first-order valence-electron chi connectivity index (χ1n) is 6.57. The zero-order valence-corrected chi connectivity index (χ0v) is 12.0. The first-order valence-corrected chi connectivity index (χ1v) is 6.57. The van der Waals surface area contributed by atoms with Gasteiger partial charge in [0.25, 0.3) is 5.91 Å². The molecular formula is C15H13F3N2O3. The highest BCUT2D eigenvalue weighted by molar-refractivity contribution is 5.94. The Bertz CT molecular complexity index is 723. The Morgan fingerprint density at radius 1 is 1.17 bits per heavy atom. The van der Waals surface area contributed by atoms with Crippen molar-refractivity contribution in [1.82, 2.24) is 10.6 Å². The largest absolute Gasteiger partial charge is 0.451 e. The third kappa shape index (κ3) is 4.12. The number of carbonyl (C=O) groups excluding carboxylic acids is 2. The predicted octanol–water partition coefficient (Wildman–Crippen LogP) is 2.44. The molecule has 0 bridgehead atoms. The normalized spacial score (nSPS) is 11.1. The summed E-state index contributed by atoms with van der Waals surface area (Å²) in [6.07, 6.45) is -4.46. The first-order chi connectivity index (χ1) is 10.8. The minimum absolute atomic E-state index is 0.0960. The number of hydrogen-bond acceptors (Lipinski definition) is 3. The SMILES string of the molecule is CNC(=O)CNC(=O)c1ccc(-c2cccc(C(F)(F)F)c2)o1. The van der Waals surface area contributed by atoms with E-state index in [0.717, 1.165) is 12.1 Å². The quantitative estimate of drug-likeness (QED) is 0.906. The molecule has 0 aliphatic rings. The van der Waals surface area contributed by atoms with Gasteiger partial charge >= 0.3 is 6.18 Å². The van der Waals surface area contributed by atoms with Crippen LogP contribution in [0.5, 0.6) is 0 Å². The Labute approximate surface area is 129 Å². The summed E-state index contributed by atoms with van der Waals surface area (Å²) >= 11 is 0. The summed E-state index contributed by atoms with van der Waals surface area (Å²) in [6.45, 7) is -0.227. The van der Waals surface area contributed by atoms with E-state index in [1.165, 1.54) is 31.3 Å². The van der Waals surface area contributed by atoms with Gasteiger partial charge < -0.3 is 15.1 Å². The summed E-state index contributed by atoms with van der Waals surface area (Å²) in [7, 11) is 1.42. The van der Waals surface area contributed by atoms with E-state index in [9.17, 15) is 22.8 Å². The second kappa shape index (κ2) is 6.55. The molecule has 0 atom stereocenters. The Morgan fingerprint density at radius 3 is 2.57 bits per heavy atom. The molecule has 0 spiro atoms. The molecule has 0 aliphatic heterocycles. The third-order valence-corrected chi connectivity index (χ3v) is 2.99. The van der Waals surface area contributed by atoms with Crippen LogP contribution in [0, 0.1) is 0 Å². The molecule has 0 saturated heterocycles. The van der Waals surface area contributed by atoms with Gasteiger partial charge in [-0.05, 0) is 24.3 Å². The lowest BCUT2D eigenvalue weighted by atomic mass is 10.1. The molecule has 2 N–H and O–H groups in total. The Kier molecular flexibility index (Phi) is 4.73. The van der Waals surface area contributed by atoms with E-state index in [-0.39, 0.29) is 29.5 Å². The summed E-state index contributed by atoms with van der Waals surface area (Å²) in [6, 6.07) is 7.31. The molecule has 0 fully saturated rings. The molecule has 1 heterocycles. The topological polar surface area (TPSA) is 71.3 Å². The van der Waals surface area contributed by atoms with Crippen molar-refractivity contribution in [3.63, 3.8) is 0 Å². The maximum absolute atomic E-state index is 12.7. The highest BCUT2D eigenvalue weighted by atomic mass is 19.4. The second-order valence-electron chi connectivity index (χ2n) is 4.60. The van der Waals surface area contributed by atoms with Crippen LogP contribution in [0.4, 0.5) is 13.2 Å². The molecule has 122 valence electrons. The molecular weight excluding hydrogens is 313 g/mol. The zero-order valence-electron chi connectivity index (χ0n) is 12.0. The van der Waals surface area contributed by atoms with Gasteiger partial charge in [0.15, 0.2) is 5.76 Å². The van der Waals surface area contributed by atoms with Crippen molar-refractivity contribution >= 4 is 11.8 Å². The van der Waals surface area contributed by atoms with Gasteiger partial charge in [-0.15, -0.1) is 0 Å². The van der Waals surface area contributed by atoms with Crippen molar-refractivity contribution in [2.24, 2.45) is 0 Å². The van der Waals surface area contributed by atoms with Crippen molar-refractivity contribution in [3.8, 4) is 11.3 Å². The molecule has 2 amide bonds. The van der Waals surface area contributed by atoms with E-state index in [2.05, 4.69) is 10.6 Å². The predicted molar refractivity (Wildman–Crippen MR) is 75.5 cm³/mol. The number of benzene rings is 1. The Hall–Kier alpha value is -2.77. The molecule has 5 nitrogen and oxygen atoms in total. The van der Waals surface area contributed by atoms with Gasteiger partial charge in [0.2, 0.25) is 5.91 Å². The van der Waals surface area contributed by atoms with Crippen LogP contribution in [-0.2, 0) is 11.0 Å². The summed E-state index contributed by atoms with van der Waals surface area (Å²) in [5, 5.41) is 4.66. The Balaban J connectivity index is 2.16. The van der Waals surface area contributed by atoms with E-state index in [1.54, 1.807) is 0 Å². The van der Waals surface area contributed by atoms with Crippen LogP contribution in [0.2, 0.25) is 0 Å². The number of rotatable bonds is 4. The smallest absolute Gasteiger partial charge is 0.416 e. The van der Waals surface area contributed by atoms with Crippen LogP contribution >= 0.6 is 0 Å². The molecule has 1 aromatic carbocycles.